The fourth-order valence-electron chi connectivity index (χ4n) is 10.5. The van der Waals surface area contributed by atoms with Crippen molar-refractivity contribution in [3.8, 4) is 5.75 Å². The molecule has 3 aromatic heterocycles. The molecule has 3 aliphatic carbocycles. The molecule has 0 radical (unpaired) electrons. The summed E-state index contributed by atoms with van der Waals surface area (Å²) in [5.74, 6) is 0.817. The van der Waals surface area contributed by atoms with Crippen LogP contribution in [0.1, 0.15) is 118 Å². The van der Waals surface area contributed by atoms with Gasteiger partial charge in [-0.25, -0.2) is 0 Å². The summed E-state index contributed by atoms with van der Waals surface area (Å²) in [5.41, 5.74) is 23.4. The zero-order valence-electron chi connectivity index (χ0n) is 41.2. The van der Waals surface area contributed by atoms with E-state index in [1.54, 1.807) is 7.11 Å². The van der Waals surface area contributed by atoms with E-state index in [4.69, 9.17) is 25.8 Å². The third kappa shape index (κ3) is 12.9. The first-order chi connectivity index (χ1) is 35.6. The number of aromatic nitrogens is 3. The number of H-pyrrole nitrogens is 3. The van der Waals surface area contributed by atoms with Crippen LogP contribution < -0.4 is 21.1 Å². The summed E-state index contributed by atoms with van der Waals surface area (Å²) in [7, 11) is 1.62. The van der Waals surface area contributed by atoms with Crippen LogP contribution in [0, 0.1) is 0 Å². The maximum absolute atomic E-state index is 9.14. The fourth-order valence-corrected chi connectivity index (χ4v) is 11.6. The predicted molar refractivity (Wildman–Crippen MR) is 307 cm³/mol. The van der Waals surface area contributed by atoms with Crippen LogP contribution >= 0.6 is 47.8 Å². The van der Waals surface area contributed by atoms with Crippen LogP contribution in [0.25, 0.3) is 32.7 Å². The Morgan fingerprint density at radius 2 is 0.822 bits per heavy atom. The second-order valence-electron chi connectivity index (χ2n) is 19.2. The average Bonchev–Trinajstić information content (AvgIpc) is 4.12. The number of methoxy groups -OCH3 is 1. The van der Waals surface area contributed by atoms with Gasteiger partial charge in [0.15, 0.2) is 0 Å². The first-order valence-electron chi connectivity index (χ1n) is 25.3. The van der Waals surface area contributed by atoms with Crippen molar-refractivity contribution in [2.24, 2.45) is 5.73 Å². The number of nitrogens with two attached hydrogens (primary N) is 1. The van der Waals surface area contributed by atoms with E-state index in [1.165, 1.54) is 96.9 Å². The molecule has 3 atom stereocenters. The molecule has 12 rings (SSSR count). The number of ether oxygens (including phenoxy) is 1. The molecule has 0 bridgehead atoms. The molecule has 0 spiro atoms. The molecular weight excluding hydrogens is 1110 g/mol. The van der Waals surface area contributed by atoms with Gasteiger partial charge in [0.25, 0.3) is 0 Å². The Balaban J connectivity index is 0.000000126. The molecule has 9 aromatic rings. The second-order valence-corrected chi connectivity index (χ2v) is 22.0. The van der Waals surface area contributed by atoms with Crippen LogP contribution in [-0.2, 0) is 52.2 Å². The number of aromatic amines is 3. The molecule has 0 amide bonds. The van der Waals surface area contributed by atoms with Crippen molar-refractivity contribution < 1.29 is 20.1 Å². The summed E-state index contributed by atoms with van der Waals surface area (Å²) >= 11 is 10.7. The second kappa shape index (κ2) is 25.0. The number of halogens is 3. The van der Waals surface area contributed by atoms with Gasteiger partial charge in [-0.2, -0.15) is 0 Å². The van der Waals surface area contributed by atoms with Crippen molar-refractivity contribution in [3.05, 3.63) is 202 Å². The third-order valence-electron chi connectivity index (χ3n) is 14.4. The highest BCUT2D eigenvalue weighted by Gasteiger charge is 2.26. The lowest BCUT2D eigenvalue weighted by Crippen LogP contribution is -2.24. The highest BCUT2D eigenvalue weighted by atomic mass is 79.9. The molecule has 3 aliphatic rings. The van der Waals surface area contributed by atoms with Crippen LogP contribution in [0.15, 0.2) is 141 Å². The summed E-state index contributed by atoms with van der Waals surface area (Å²) in [6.45, 7) is 1.97. The minimum absolute atomic E-state index is 0.0873. The number of benzene rings is 6. The zero-order valence-corrected chi connectivity index (χ0v) is 46.0. The van der Waals surface area contributed by atoms with E-state index in [0.717, 1.165) is 87.5 Å². The van der Waals surface area contributed by atoms with E-state index in [0.29, 0.717) is 12.1 Å². The molecule has 13 heteroatoms. The first-order valence-corrected chi connectivity index (χ1v) is 27.7. The topological polar surface area (TPSA) is 167 Å². The molecule has 10 nitrogen and oxygen atoms in total. The number of fused-ring (bicyclic) bond motifs is 9. The average molecular weight is 1170 g/mol. The van der Waals surface area contributed by atoms with E-state index in [1.807, 2.05) is 48.5 Å². The Morgan fingerprint density at radius 1 is 0.479 bits per heavy atom. The van der Waals surface area contributed by atoms with E-state index in [-0.39, 0.29) is 25.9 Å². The molecule has 10 N–H and O–H groups in total. The van der Waals surface area contributed by atoms with E-state index in [2.05, 4.69) is 152 Å². The molecule has 0 unspecified atom stereocenters. The Bertz CT molecular complexity index is 3070. The lowest BCUT2D eigenvalue weighted by molar-refractivity contribution is 0.281. The monoisotopic (exact) mass is 1170 g/mol. The standard InChI is InChI=1S/2C20H21BrN2O.C12H13BrN2.C8H10O2/c2*21-15-8-9-18-17(10-15)16-2-1-3-19(20(16)23-18)22-11-13-4-6-14(12-24)7-5-13;13-7-4-5-11-9(6-7)8-2-1-3-10(14)12(8)15-11;1-10-8-4-2-7(6-9)3-5-8/h2*4-10,19,22-24H,1-3,11-12H2;4-6,10,15H,1-3,14H2;2-5,9H,6H2,1H3/t2*19-;10-;/m111./s1. The smallest absolute Gasteiger partial charge is 0.118 e. The van der Waals surface area contributed by atoms with Crippen LogP contribution in [-0.4, -0.2) is 37.4 Å². The molecule has 3 heterocycles. The van der Waals surface area contributed by atoms with Crippen molar-refractivity contribution in [2.45, 2.75) is 109 Å². The molecule has 380 valence electrons. The predicted octanol–water partition coefficient (Wildman–Crippen LogP) is 13.6. The SMILES string of the molecule is COc1ccc(CO)cc1.N[C@@H]1CCCc2c1[nH]c1ccc(Br)cc21.OCc1ccc(CN[C@@H]2CCCc3c2[nH]c2ccc(Br)cc32)cc1.OCc1ccc(CN[C@@H]2CCCc3c2[nH]c2ccc(Br)cc32)cc1. The van der Waals surface area contributed by atoms with Gasteiger partial charge in [0.05, 0.1) is 26.9 Å². The number of rotatable bonds is 10. The normalized spacial score (nSPS) is 16.8. The van der Waals surface area contributed by atoms with E-state index >= 15 is 0 Å². The largest absolute Gasteiger partial charge is 0.497 e. The fraction of sp³-hybridized carbons (Fsp3) is 0.300. The number of nitrogens with one attached hydrogen (secondary N) is 5. The van der Waals surface area contributed by atoms with Crippen LogP contribution in [0.2, 0.25) is 0 Å². The van der Waals surface area contributed by atoms with Crippen molar-refractivity contribution in [3.63, 3.8) is 0 Å². The van der Waals surface area contributed by atoms with E-state index < -0.39 is 0 Å². The Morgan fingerprint density at radius 3 is 1.21 bits per heavy atom. The number of aryl methyl sites for hydroxylation is 3. The quantitative estimate of drug-likeness (QED) is 0.0657. The molecular formula is C60H65Br3N6O4. The van der Waals surface area contributed by atoms with Crippen molar-refractivity contribution in [1.82, 2.24) is 25.6 Å². The van der Waals surface area contributed by atoms with Crippen molar-refractivity contribution >= 4 is 80.5 Å². The van der Waals surface area contributed by atoms with Crippen LogP contribution in [0.4, 0.5) is 0 Å². The van der Waals surface area contributed by atoms with Gasteiger partial charge < -0.3 is 51.4 Å². The Kier molecular flexibility index (Phi) is 18.1. The van der Waals surface area contributed by atoms with Gasteiger partial charge in [0.1, 0.15) is 5.75 Å². The van der Waals surface area contributed by atoms with Gasteiger partial charge in [-0.1, -0.05) is 108 Å². The summed E-state index contributed by atoms with van der Waals surface area (Å²) in [4.78, 5) is 10.7. The maximum atomic E-state index is 9.14. The number of hydrogen-bond donors (Lipinski definition) is 9. The van der Waals surface area contributed by atoms with Gasteiger partial charge in [-0.3, -0.25) is 0 Å². The van der Waals surface area contributed by atoms with Gasteiger partial charge >= 0.3 is 0 Å². The summed E-state index contributed by atoms with van der Waals surface area (Å²) in [6.07, 6.45) is 10.5. The van der Waals surface area contributed by atoms with Gasteiger partial charge in [-0.15, -0.1) is 0 Å². The molecule has 6 aromatic carbocycles. The Labute approximate surface area is 452 Å². The van der Waals surface area contributed by atoms with Crippen molar-refractivity contribution in [1.29, 1.82) is 0 Å². The van der Waals surface area contributed by atoms with Gasteiger partial charge in [-0.05, 0) is 169 Å². The summed E-state index contributed by atoms with van der Waals surface area (Å²) in [5, 5.41) is 38.4. The molecule has 0 aliphatic heterocycles. The number of aliphatic hydroxyl groups is 3. The molecule has 0 saturated carbocycles. The maximum Gasteiger partial charge on any atom is 0.118 e. The van der Waals surface area contributed by atoms with E-state index in [9.17, 15) is 0 Å². The van der Waals surface area contributed by atoms with Gasteiger partial charge in [0, 0.05) is 94.4 Å². The van der Waals surface area contributed by atoms with Crippen LogP contribution in [0.5, 0.6) is 5.75 Å². The zero-order chi connectivity index (χ0) is 50.8. The van der Waals surface area contributed by atoms with Crippen LogP contribution in [0.3, 0.4) is 0 Å². The number of aliphatic hydroxyl groups excluding tert-OH is 3. The summed E-state index contributed by atoms with van der Waals surface area (Å²) in [6, 6.07) is 43.9. The molecule has 0 fully saturated rings. The lowest BCUT2D eigenvalue weighted by Gasteiger charge is -2.24. The van der Waals surface area contributed by atoms with Crippen molar-refractivity contribution in [2.75, 3.05) is 7.11 Å². The highest BCUT2D eigenvalue weighted by molar-refractivity contribution is 9.11. The highest BCUT2D eigenvalue weighted by Crippen LogP contribution is 2.38. The minimum Gasteiger partial charge on any atom is -0.497 e. The minimum atomic E-state index is 0.0873. The third-order valence-corrected chi connectivity index (χ3v) is 15.9. The Hall–Kier alpha value is -5.06. The lowest BCUT2D eigenvalue weighted by atomic mass is 9.91. The van der Waals surface area contributed by atoms with Gasteiger partial charge in [0.2, 0.25) is 0 Å². The molecule has 0 saturated heterocycles. The number of hydrogen-bond acceptors (Lipinski definition) is 7. The summed E-state index contributed by atoms with van der Waals surface area (Å²) < 4.78 is 8.34. The molecule has 73 heavy (non-hydrogen) atoms. The first kappa shape index (κ1) is 52.8.